The minimum Gasteiger partial charge on any atom is -1.00 e. The van der Waals surface area contributed by atoms with Gasteiger partial charge in [0, 0.05) is 11.3 Å². The molecule has 0 amide bonds. The number of unbranched alkanes of at least 4 members (excludes halogenated alkanes) is 3. The molecule has 3 aromatic carbocycles. The summed E-state index contributed by atoms with van der Waals surface area (Å²) in [4.78, 5) is 4.62. The summed E-state index contributed by atoms with van der Waals surface area (Å²) in [5, 5.41) is 6.00. The average molecular weight is 639 g/mol. The van der Waals surface area contributed by atoms with Crippen molar-refractivity contribution >= 4 is 24.6 Å². The predicted molar refractivity (Wildman–Crippen MR) is 156 cm³/mol. The topological polar surface area (TPSA) is 12.4 Å². The summed E-state index contributed by atoms with van der Waals surface area (Å²) >= 11 is 0. The molecule has 3 heterocycles. The van der Waals surface area contributed by atoms with E-state index in [1.54, 1.807) is 10.4 Å². The van der Waals surface area contributed by atoms with Crippen molar-refractivity contribution in [1.29, 1.82) is 0 Å². The SMILES string of the molecule is CC1=NC2=C3C(C)=C(C2=C1)[Si]3(C)C.CCCCCCc1ccc(-c2cccc3[cH-]c(C)cc23)cc1.[Cl-].[Cl-].[Zr+3]. The molecule has 0 aromatic heterocycles. The van der Waals surface area contributed by atoms with E-state index in [0.29, 0.717) is 0 Å². The number of hydrogen-bond donors (Lipinski definition) is 0. The van der Waals surface area contributed by atoms with Crippen LogP contribution in [-0.4, -0.2) is 13.8 Å². The molecule has 0 fully saturated rings. The van der Waals surface area contributed by atoms with Crippen LogP contribution in [0.2, 0.25) is 13.1 Å². The third kappa shape index (κ3) is 6.02. The number of benzene rings is 2. The summed E-state index contributed by atoms with van der Waals surface area (Å²) in [6.45, 7) is 13.6. The van der Waals surface area contributed by atoms with Gasteiger partial charge in [-0.05, 0) is 59.9 Å². The van der Waals surface area contributed by atoms with Gasteiger partial charge in [-0.15, -0.1) is 34.5 Å². The van der Waals surface area contributed by atoms with E-state index in [1.165, 1.54) is 87.7 Å². The number of halogens is 2. The first-order valence-electron chi connectivity index (χ1n) is 13.3. The fourth-order valence-corrected chi connectivity index (χ4v) is 10.1. The molecule has 1 nitrogen and oxygen atoms in total. The van der Waals surface area contributed by atoms with Gasteiger partial charge in [0.25, 0.3) is 0 Å². The standard InChI is InChI=1S/C22H25.C11H13NSi.2ClH.Zr/c1-3-4-5-6-8-18-11-13-19(14-12-18)21-10-7-9-20-15-17(2)16-22(20)21;1-6-5-8-9(12-6)11-7(2)10(8)13(11,3)4;;;/h7,9-16H,3-6,8H2,1-2H3;5H,1-4H3;2*1H;/q-1;;;;+3/p-2. The Kier molecular flexibility index (Phi) is 11.5. The van der Waals surface area contributed by atoms with Gasteiger partial charge in [-0.2, -0.15) is 6.07 Å². The van der Waals surface area contributed by atoms with Crippen molar-refractivity contribution in [3.63, 3.8) is 0 Å². The molecule has 7 rings (SSSR count). The van der Waals surface area contributed by atoms with Crippen molar-refractivity contribution in [3.8, 4) is 11.1 Å². The van der Waals surface area contributed by atoms with Crippen LogP contribution in [0.3, 0.4) is 0 Å². The fourth-order valence-electron chi connectivity index (χ4n) is 6.31. The monoisotopic (exact) mass is 636 g/mol. The number of rotatable bonds is 6. The summed E-state index contributed by atoms with van der Waals surface area (Å²) < 4.78 is 0. The summed E-state index contributed by atoms with van der Waals surface area (Å²) in [5.74, 6) is 0. The number of aliphatic imine (C=N–C) groups is 1. The minimum atomic E-state index is -1.15. The Bertz CT molecular complexity index is 1420. The summed E-state index contributed by atoms with van der Waals surface area (Å²) in [5.41, 5.74) is 11.0. The maximum atomic E-state index is 4.62. The zero-order chi connectivity index (χ0) is 24.7. The van der Waals surface area contributed by atoms with E-state index in [-0.39, 0.29) is 51.0 Å². The second-order valence-electron chi connectivity index (χ2n) is 11.0. The van der Waals surface area contributed by atoms with Crippen molar-refractivity contribution in [2.45, 2.75) is 72.9 Å². The van der Waals surface area contributed by atoms with Gasteiger partial charge in [0.2, 0.25) is 0 Å². The van der Waals surface area contributed by atoms with Gasteiger partial charge in [0.05, 0.1) is 5.70 Å². The quantitative estimate of drug-likeness (QED) is 0.223. The number of nitrogens with zero attached hydrogens (tertiary/aromatic N) is 1. The van der Waals surface area contributed by atoms with Crippen LogP contribution in [0.1, 0.15) is 57.6 Å². The van der Waals surface area contributed by atoms with Gasteiger partial charge < -0.3 is 24.8 Å². The molecule has 4 aliphatic rings. The van der Waals surface area contributed by atoms with E-state index < -0.39 is 8.07 Å². The zero-order valence-electron chi connectivity index (χ0n) is 23.5. The van der Waals surface area contributed by atoms with E-state index in [4.69, 9.17) is 0 Å². The molecule has 0 atom stereocenters. The van der Waals surface area contributed by atoms with Gasteiger partial charge in [-0.3, -0.25) is 4.99 Å². The van der Waals surface area contributed by atoms with Crippen molar-refractivity contribution in [2.24, 2.45) is 4.99 Å². The zero-order valence-corrected chi connectivity index (χ0v) is 28.5. The first-order chi connectivity index (χ1) is 16.8. The molecule has 2 bridgehead atoms. The molecule has 197 valence electrons. The van der Waals surface area contributed by atoms with Gasteiger partial charge in [0.15, 0.2) is 0 Å². The fraction of sp³-hybridized carbons (Fsp3) is 0.333. The van der Waals surface area contributed by atoms with Crippen LogP contribution in [0.4, 0.5) is 0 Å². The Labute approximate surface area is 261 Å². The summed E-state index contributed by atoms with van der Waals surface area (Å²) in [7, 11) is -1.15. The smallest absolute Gasteiger partial charge is 1.00 e. The van der Waals surface area contributed by atoms with Crippen LogP contribution >= 0.6 is 0 Å². The molecular weight excluding hydrogens is 601 g/mol. The van der Waals surface area contributed by atoms with Crippen molar-refractivity contribution in [2.75, 3.05) is 0 Å². The number of allylic oxidation sites excluding steroid dienone is 4. The van der Waals surface area contributed by atoms with Crippen LogP contribution in [0.25, 0.3) is 21.9 Å². The molecular formula is C33H38Cl2NSiZr. The van der Waals surface area contributed by atoms with Crippen molar-refractivity contribution < 1.29 is 51.0 Å². The molecule has 0 saturated carbocycles. The second kappa shape index (κ2) is 13.3. The van der Waals surface area contributed by atoms with Crippen LogP contribution < -0.4 is 24.8 Å². The number of fused-ring (bicyclic) bond motifs is 1. The van der Waals surface area contributed by atoms with E-state index in [1.807, 2.05) is 0 Å². The van der Waals surface area contributed by atoms with Gasteiger partial charge in [0.1, 0.15) is 8.07 Å². The van der Waals surface area contributed by atoms with E-state index in [9.17, 15) is 0 Å². The molecule has 0 N–H and O–H groups in total. The second-order valence-corrected chi connectivity index (χ2v) is 15.3. The van der Waals surface area contributed by atoms with Crippen molar-refractivity contribution in [1.82, 2.24) is 0 Å². The number of aryl methyl sites for hydroxylation is 2. The Morgan fingerprint density at radius 3 is 2.21 bits per heavy atom. The predicted octanol–water partition coefficient (Wildman–Crippen LogP) is 3.43. The van der Waals surface area contributed by atoms with Gasteiger partial charge in [-0.1, -0.05) is 82.1 Å². The Morgan fingerprint density at radius 1 is 0.868 bits per heavy atom. The third-order valence-corrected chi connectivity index (χ3v) is 11.6. The van der Waals surface area contributed by atoms with Crippen LogP contribution in [0, 0.1) is 6.92 Å². The Hall–Kier alpha value is -1.38. The van der Waals surface area contributed by atoms with Gasteiger partial charge >= 0.3 is 26.2 Å². The summed E-state index contributed by atoms with van der Waals surface area (Å²) in [6.07, 6.45) is 8.79. The minimum absolute atomic E-state index is 0. The van der Waals surface area contributed by atoms with E-state index in [0.717, 1.165) is 0 Å². The molecule has 1 radical (unpaired) electrons. The largest absolute Gasteiger partial charge is 3.00 e. The molecule has 3 aromatic rings. The average Bonchev–Trinajstić information content (AvgIpc) is 3.51. The van der Waals surface area contributed by atoms with E-state index in [2.05, 4.69) is 106 Å². The maximum Gasteiger partial charge on any atom is 3.00 e. The Balaban J connectivity index is 0.000000273. The van der Waals surface area contributed by atoms with Crippen LogP contribution in [0.15, 0.2) is 92.9 Å². The molecule has 0 spiro atoms. The van der Waals surface area contributed by atoms with Crippen molar-refractivity contribution in [3.05, 3.63) is 99.0 Å². The molecule has 3 aliphatic heterocycles. The normalized spacial score (nSPS) is 15.8. The van der Waals surface area contributed by atoms with Crippen LogP contribution in [0.5, 0.6) is 0 Å². The first kappa shape index (κ1) is 32.8. The molecule has 1 aliphatic carbocycles. The third-order valence-electron chi connectivity index (χ3n) is 7.88. The maximum absolute atomic E-state index is 4.62. The Morgan fingerprint density at radius 2 is 1.58 bits per heavy atom. The summed E-state index contributed by atoms with van der Waals surface area (Å²) in [6, 6.07) is 20.3. The van der Waals surface area contributed by atoms with Crippen LogP contribution in [-0.2, 0) is 32.6 Å². The van der Waals surface area contributed by atoms with Gasteiger partial charge in [-0.25, -0.2) is 0 Å². The first-order valence-corrected chi connectivity index (χ1v) is 16.3. The van der Waals surface area contributed by atoms with E-state index >= 15 is 0 Å². The molecule has 0 saturated heterocycles. The molecule has 5 heteroatoms. The molecule has 0 unspecified atom stereocenters. The number of hydrogen-bond acceptors (Lipinski definition) is 1. The molecule has 38 heavy (non-hydrogen) atoms.